The number of benzene rings is 2. The molecule has 2 fully saturated rings. The molecule has 0 radical (unpaired) electrons. The predicted molar refractivity (Wildman–Crippen MR) is 167 cm³/mol. The molecule has 5 rings (SSSR count). The summed E-state index contributed by atoms with van der Waals surface area (Å²) >= 11 is 3.47. The predicted octanol–water partition coefficient (Wildman–Crippen LogP) is 2.23. The number of methoxy groups -OCH3 is 1. The highest BCUT2D eigenvalue weighted by Gasteiger charge is 2.31. The van der Waals surface area contributed by atoms with E-state index in [0.717, 1.165) is 55.3 Å². The van der Waals surface area contributed by atoms with Crippen LogP contribution in [0.25, 0.3) is 0 Å². The number of amides is 4. The molecule has 0 spiro atoms. The molecule has 3 heterocycles. The number of nitrogens with one attached hydrogen (secondary N) is 3. The van der Waals surface area contributed by atoms with E-state index in [4.69, 9.17) is 15.2 Å². The van der Waals surface area contributed by atoms with Gasteiger partial charge >= 0.3 is 6.03 Å². The fraction of sp³-hybridized carbons (Fsp3) is 0.500. The van der Waals surface area contributed by atoms with Crippen LogP contribution in [0.1, 0.15) is 34.3 Å². The van der Waals surface area contributed by atoms with E-state index in [0.29, 0.717) is 61.4 Å². The van der Waals surface area contributed by atoms with Crippen molar-refractivity contribution in [2.45, 2.75) is 31.8 Å². The monoisotopic (exact) mass is 657 g/mol. The molecular weight excluding hydrogens is 618 g/mol. The van der Waals surface area contributed by atoms with Crippen molar-refractivity contribution in [1.82, 2.24) is 25.3 Å². The average Bonchev–Trinajstić information content (AvgIpc) is 3.19. The van der Waals surface area contributed by atoms with Crippen LogP contribution in [0, 0.1) is 0 Å². The molecule has 2 aromatic rings. The van der Waals surface area contributed by atoms with Gasteiger partial charge in [0.2, 0.25) is 5.91 Å². The van der Waals surface area contributed by atoms with E-state index in [2.05, 4.69) is 36.8 Å². The van der Waals surface area contributed by atoms with Gasteiger partial charge in [0.25, 0.3) is 5.91 Å². The van der Waals surface area contributed by atoms with E-state index in [1.54, 1.807) is 24.1 Å². The summed E-state index contributed by atoms with van der Waals surface area (Å²) in [6.07, 6.45) is 2.08. The molecule has 2 aromatic carbocycles. The number of carbonyl (C=O) groups is 3. The van der Waals surface area contributed by atoms with Gasteiger partial charge in [0.15, 0.2) is 0 Å². The van der Waals surface area contributed by atoms with Crippen LogP contribution in [0.5, 0.6) is 5.75 Å². The molecule has 3 aliphatic heterocycles. The van der Waals surface area contributed by atoms with Gasteiger partial charge in [0.05, 0.1) is 32.6 Å². The number of fused-ring (bicyclic) bond motifs is 1. The molecule has 0 aliphatic carbocycles. The summed E-state index contributed by atoms with van der Waals surface area (Å²) in [5, 5.41) is 9.18. The Morgan fingerprint density at radius 1 is 1.12 bits per heavy atom. The van der Waals surface area contributed by atoms with E-state index in [9.17, 15) is 14.4 Å². The van der Waals surface area contributed by atoms with Gasteiger partial charge in [-0.3, -0.25) is 14.5 Å². The van der Waals surface area contributed by atoms with Crippen LogP contribution >= 0.6 is 15.9 Å². The highest BCUT2D eigenvalue weighted by Crippen LogP contribution is 2.28. The first kappa shape index (κ1) is 31.0. The minimum absolute atomic E-state index is 0.0391. The highest BCUT2D eigenvalue weighted by atomic mass is 79.9. The Bertz CT molecular complexity index is 1330. The molecule has 5 N–H and O–H groups in total. The maximum Gasteiger partial charge on any atom is 0.322 e. The maximum atomic E-state index is 13.0. The van der Waals surface area contributed by atoms with Gasteiger partial charge < -0.3 is 41.0 Å². The number of urea groups is 1. The summed E-state index contributed by atoms with van der Waals surface area (Å²) in [7, 11) is 1.63. The first-order valence-corrected chi connectivity index (χ1v) is 15.5. The number of anilines is 2. The van der Waals surface area contributed by atoms with Gasteiger partial charge in [-0.25, -0.2) is 4.79 Å². The highest BCUT2D eigenvalue weighted by molar-refractivity contribution is 9.10. The number of hydrogen-bond acceptors (Lipinski definition) is 8. The summed E-state index contributed by atoms with van der Waals surface area (Å²) in [6, 6.07) is 9.03. The third-order valence-electron chi connectivity index (χ3n) is 8.33. The SMILES string of the molecule is COc1ccc2c(c1)CCN(C1CCN(C(=O)CNC(=O)c3cc(Br)c(N)c(CNCN4CCOCC4)c3)CC1)C(=O)N2. The standard InChI is InChI=1S/C30H40BrN7O5/c1-42-24-2-3-26-20(15-24)4-9-38(30(41)35-26)23-5-7-37(8-6-23)27(39)18-34-29(40)21-14-22(28(32)25(31)16-21)17-33-19-36-10-12-43-13-11-36/h2-3,14-16,23,33H,4-13,17-19,32H2,1H3,(H,34,40)(H,35,41). The lowest BCUT2D eigenvalue weighted by Crippen LogP contribution is -2.51. The maximum absolute atomic E-state index is 13.0. The van der Waals surface area contributed by atoms with Crippen LogP contribution < -0.4 is 26.4 Å². The summed E-state index contributed by atoms with van der Waals surface area (Å²) in [6.45, 7) is 5.95. The minimum atomic E-state index is -0.337. The normalized spacial score (nSPS) is 18.0. The van der Waals surface area contributed by atoms with Crippen LogP contribution in [0.4, 0.5) is 16.2 Å². The summed E-state index contributed by atoms with van der Waals surface area (Å²) in [5.41, 5.74) is 9.93. The number of piperidine rings is 1. The Balaban J connectivity index is 1.09. The van der Waals surface area contributed by atoms with E-state index >= 15 is 0 Å². The third-order valence-corrected chi connectivity index (χ3v) is 8.98. The van der Waals surface area contributed by atoms with Crippen molar-refractivity contribution in [1.29, 1.82) is 0 Å². The Morgan fingerprint density at radius 2 is 1.88 bits per heavy atom. The lowest BCUT2D eigenvalue weighted by atomic mass is 10.0. The molecule has 0 atom stereocenters. The molecule has 43 heavy (non-hydrogen) atoms. The number of likely N-dealkylation sites (tertiary alicyclic amines) is 1. The van der Waals surface area contributed by atoms with E-state index < -0.39 is 0 Å². The topological polar surface area (TPSA) is 142 Å². The average molecular weight is 659 g/mol. The first-order valence-electron chi connectivity index (χ1n) is 14.7. The van der Waals surface area contributed by atoms with E-state index in [1.165, 1.54) is 0 Å². The molecule has 0 unspecified atom stereocenters. The van der Waals surface area contributed by atoms with Crippen LogP contribution in [0.3, 0.4) is 0 Å². The Kier molecular flexibility index (Phi) is 10.4. The van der Waals surface area contributed by atoms with Gasteiger partial charge in [0.1, 0.15) is 5.75 Å². The molecule has 12 nitrogen and oxygen atoms in total. The second-order valence-electron chi connectivity index (χ2n) is 11.0. The van der Waals surface area contributed by atoms with E-state index in [-0.39, 0.29) is 30.4 Å². The van der Waals surface area contributed by atoms with Crippen molar-refractivity contribution >= 4 is 45.2 Å². The van der Waals surface area contributed by atoms with Crippen LogP contribution in [-0.2, 0) is 22.5 Å². The molecular formula is C30H40BrN7O5. The number of ether oxygens (including phenoxy) is 2. The zero-order chi connectivity index (χ0) is 30.3. The zero-order valence-electron chi connectivity index (χ0n) is 24.5. The summed E-state index contributed by atoms with van der Waals surface area (Å²) in [5.74, 6) is 0.283. The number of rotatable bonds is 9. The fourth-order valence-corrected chi connectivity index (χ4v) is 6.26. The van der Waals surface area contributed by atoms with Gasteiger partial charge in [-0.15, -0.1) is 0 Å². The molecule has 2 saturated heterocycles. The summed E-state index contributed by atoms with van der Waals surface area (Å²) in [4.78, 5) is 44.9. The number of nitrogens with zero attached hydrogens (tertiary/aromatic N) is 3. The molecule has 3 aliphatic rings. The van der Waals surface area contributed by atoms with Gasteiger partial charge in [-0.2, -0.15) is 0 Å². The van der Waals surface area contributed by atoms with Crippen molar-refractivity contribution in [3.8, 4) is 5.75 Å². The smallest absolute Gasteiger partial charge is 0.322 e. The number of halogens is 1. The molecule has 0 bridgehead atoms. The molecule has 0 saturated carbocycles. The van der Waals surface area contributed by atoms with Gasteiger partial charge in [0, 0.05) is 67.7 Å². The Morgan fingerprint density at radius 3 is 2.63 bits per heavy atom. The zero-order valence-corrected chi connectivity index (χ0v) is 26.1. The quantitative estimate of drug-likeness (QED) is 0.301. The van der Waals surface area contributed by atoms with E-state index in [1.807, 2.05) is 23.1 Å². The Labute approximate surface area is 260 Å². The van der Waals surface area contributed by atoms with Crippen molar-refractivity contribution < 1.29 is 23.9 Å². The largest absolute Gasteiger partial charge is 0.497 e. The number of carbonyl (C=O) groups excluding carboxylic acids is 3. The lowest BCUT2D eigenvalue weighted by molar-refractivity contribution is -0.131. The van der Waals surface area contributed by atoms with Gasteiger partial charge in [-0.05, 0) is 76.7 Å². The summed E-state index contributed by atoms with van der Waals surface area (Å²) < 4.78 is 11.4. The lowest BCUT2D eigenvalue weighted by Gasteiger charge is -2.38. The minimum Gasteiger partial charge on any atom is -0.497 e. The van der Waals surface area contributed by atoms with Crippen LogP contribution in [-0.4, -0.2) is 105 Å². The number of nitrogens with two attached hydrogens (primary N) is 1. The second kappa shape index (κ2) is 14.4. The first-order chi connectivity index (χ1) is 20.8. The molecule has 232 valence electrons. The number of hydrogen-bond donors (Lipinski definition) is 4. The van der Waals surface area contributed by atoms with Crippen LogP contribution in [0.2, 0.25) is 0 Å². The van der Waals surface area contributed by atoms with Crippen molar-refractivity contribution in [3.05, 3.63) is 51.5 Å². The molecule has 13 heteroatoms. The van der Waals surface area contributed by atoms with Crippen molar-refractivity contribution in [2.75, 3.05) is 77.3 Å². The Hall–Kier alpha value is -3.39. The second-order valence-corrected chi connectivity index (χ2v) is 11.9. The van der Waals surface area contributed by atoms with Crippen LogP contribution in [0.15, 0.2) is 34.8 Å². The van der Waals surface area contributed by atoms with Crippen molar-refractivity contribution in [2.24, 2.45) is 0 Å². The fourth-order valence-electron chi connectivity index (χ4n) is 5.76. The number of nitrogen functional groups attached to an aromatic ring is 1. The third kappa shape index (κ3) is 7.77. The van der Waals surface area contributed by atoms with Gasteiger partial charge in [-0.1, -0.05) is 0 Å². The molecule has 4 amide bonds. The molecule has 0 aromatic heterocycles. The van der Waals surface area contributed by atoms with Crippen molar-refractivity contribution in [3.63, 3.8) is 0 Å². The number of morpholine rings is 1.